The highest BCUT2D eigenvalue weighted by Crippen LogP contribution is 2.55. The summed E-state index contributed by atoms with van der Waals surface area (Å²) in [6.45, 7) is 6.83. The Balaban J connectivity index is 1.14. The summed E-state index contributed by atoms with van der Waals surface area (Å²) < 4.78 is 6.44. The molecule has 0 fully saturated rings. The minimum absolute atomic E-state index is 0.229. The van der Waals surface area contributed by atoms with Gasteiger partial charge in [0.2, 0.25) is 0 Å². The number of anilines is 2. The largest absolute Gasteiger partial charge is 0.456 e. The van der Waals surface area contributed by atoms with Crippen LogP contribution in [0.1, 0.15) is 55.8 Å². The summed E-state index contributed by atoms with van der Waals surface area (Å²) in [4.78, 5) is 17.4. The van der Waals surface area contributed by atoms with Gasteiger partial charge in [-0.05, 0) is 73.6 Å². The first-order chi connectivity index (χ1) is 22.9. The van der Waals surface area contributed by atoms with E-state index in [1.807, 2.05) is 18.2 Å². The molecule has 0 spiro atoms. The van der Waals surface area contributed by atoms with Crippen LogP contribution in [0.3, 0.4) is 0 Å². The number of hydrogen-bond donors (Lipinski definition) is 0. The number of aromatic nitrogens is 3. The Morgan fingerprint density at radius 3 is 2.30 bits per heavy atom. The number of allylic oxidation sites excluding steroid dienone is 7. The van der Waals surface area contributed by atoms with E-state index in [-0.39, 0.29) is 11.5 Å². The van der Waals surface area contributed by atoms with E-state index in [1.165, 1.54) is 22.2 Å². The molecule has 5 nitrogen and oxygen atoms in total. The molecule has 2 aromatic heterocycles. The number of rotatable bonds is 4. The van der Waals surface area contributed by atoms with Crippen LogP contribution in [-0.2, 0) is 6.42 Å². The molecular formula is C42H36N4O. The lowest BCUT2D eigenvalue weighted by atomic mass is 9.80. The smallest absolute Gasteiger partial charge is 0.164 e. The van der Waals surface area contributed by atoms with E-state index >= 15 is 0 Å². The number of nitrogens with zero attached hydrogens (tertiary/aromatic N) is 4. The fourth-order valence-corrected chi connectivity index (χ4v) is 7.68. The first-order valence-electron chi connectivity index (χ1n) is 16.7. The average molecular weight is 613 g/mol. The van der Waals surface area contributed by atoms with Crippen LogP contribution in [0.4, 0.5) is 11.4 Å². The maximum Gasteiger partial charge on any atom is 0.164 e. The molecular weight excluding hydrogens is 576 g/mol. The second-order valence-electron chi connectivity index (χ2n) is 13.6. The average Bonchev–Trinajstić information content (AvgIpc) is 3.58. The Morgan fingerprint density at radius 2 is 1.53 bits per heavy atom. The van der Waals surface area contributed by atoms with Crippen LogP contribution in [0, 0.1) is 11.8 Å². The quantitative estimate of drug-likeness (QED) is 0.202. The number of furan rings is 1. The topological polar surface area (TPSA) is 55.1 Å². The molecule has 4 aliphatic rings. The van der Waals surface area contributed by atoms with Crippen LogP contribution in [0.5, 0.6) is 0 Å². The highest BCUT2D eigenvalue weighted by molar-refractivity contribution is 5.93. The van der Waals surface area contributed by atoms with Crippen LogP contribution >= 0.6 is 0 Å². The van der Waals surface area contributed by atoms with Gasteiger partial charge in [-0.2, -0.15) is 0 Å². The van der Waals surface area contributed by atoms with E-state index in [1.54, 1.807) is 0 Å². The summed E-state index contributed by atoms with van der Waals surface area (Å²) in [6, 6.07) is 23.5. The maximum atomic E-state index is 6.44. The first kappa shape index (κ1) is 28.0. The molecule has 3 aliphatic carbocycles. The summed E-state index contributed by atoms with van der Waals surface area (Å²) >= 11 is 0. The Bertz CT molecular complexity index is 2200. The minimum Gasteiger partial charge on any atom is -0.456 e. The zero-order valence-corrected chi connectivity index (χ0v) is 26.9. The highest BCUT2D eigenvalue weighted by Gasteiger charge is 2.47. The van der Waals surface area contributed by atoms with Gasteiger partial charge in [-0.1, -0.05) is 92.8 Å². The lowest BCUT2D eigenvalue weighted by molar-refractivity contribution is 0.542. The SMILES string of the molecule is CC1C=CC(c2nc(-c3ccccc3)nc(-c3ccc(N4c5cc6oc7c(c6cc5C5C=CC=CC54C)CC(C)C=C7)cc3)n2)=CC1. The lowest BCUT2D eigenvalue weighted by Gasteiger charge is -2.39. The van der Waals surface area contributed by atoms with Crippen molar-refractivity contribution < 1.29 is 4.42 Å². The molecule has 5 aromatic rings. The van der Waals surface area contributed by atoms with E-state index in [2.05, 4.69) is 129 Å². The van der Waals surface area contributed by atoms with Gasteiger partial charge in [0.15, 0.2) is 17.5 Å². The van der Waals surface area contributed by atoms with Gasteiger partial charge in [-0.15, -0.1) is 0 Å². The fraction of sp³-hybridized carbons (Fsp3) is 0.214. The molecule has 1 aliphatic heterocycles. The molecule has 4 atom stereocenters. The second-order valence-corrected chi connectivity index (χ2v) is 13.6. The van der Waals surface area contributed by atoms with Crippen LogP contribution in [0.2, 0.25) is 0 Å². The number of fused-ring (bicyclic) bond motifs is 6. The fourth-order valence-electron chi connectivity index (χ4n) is 7.68. The van der Waals surface area contributed by atoms with Gasteiger partial charge < -0.3 is 9.32 Å². The van der Waals surface area contributed by atoms with E-state index in [0.717, 1.165) is 46.6 Å². The van der Waals surface area contributed by atoms with E-state index in [9.17, 15) is 0 Å². The van der Waals surface area contributed by atoms with Crippen molar-refractivity contribution in [2.75, 3.05) is 4.90 Å². The molecule has 3 heterocycles. The Kier molecular flexibility index (Phi) is 6.33. The molecule has 47 heavy (non-hydrogen) atoms. The van der Waals surface area contributed by atoms with Crippen molar-refractivity contribution >= 4 is 34.0 Å². The molecule has 0 saturated carbocycles. The van der Waals surface area contributed by atoms with Crippen molar-refractivity contribution in [1.29, 1.82) is 0 Å². The minimum atomic E-state index is -0.248. The molecule has 0 radical (unpaired) electrons. The van der Waals surface area contributed by atoms with Gasteiger partial charge >= 0.3 is 0 Å². The van der Waals surface area contributed by atoms with Crippen molar-refractivity contribution in [3.05, 3.63) is 138 Å². The third-order valence-corrected chi connectivity index (χ3v) is 10.2. The van der Waals surface area contributed by atoms with Crippen LogP contribution in [0.25, 0.3) is 45.4 Å². The predicted molar refractivity (Wildman–Crippen MR) is 191 cm³/mol. The van der Waals surface area contributed by atoms with Crippen molar-refractivity contribution in [3.8, 4) is 22.8 Å². The molecule has 5 heteroatoms. The Labute approximate surface area is 275 Å². The Hall–Kier alpha value is -5.29. The highest BCUT2D eigenvalue weighted by atomic mass is 16.3. The van der Waals surface area contributed by atoms with Gasteiger partial charge in [-0.3, -0.25) is 0 Å². The summed E-state index contributed by atoms with van der Waals surface area (Å²) in [7, 11) is 0. The molecule has 0 amide bonds. The van der Waals surface area contributed by atoms with Crippen molar-refractivity contribution in [2.45, 2.75) is 45.1 Å². The number of hydrogen-bond acceptors (Lipinski definition) is 5. The van der Waals surface area contributed by atoms with Gasteiger partial charge in [0.05, 0.1) is 5.54 Å². The Morgan fingerprint density at radius 1 is 0.787 bits per heavy atom. The van der Waals surface area contributed by atoms with Crippen LogP contribution in [0.15, 0.2) is 120 Å². The molecule has 3 aromatic carbocycles. The summed E-state index contributed by atoms with van der Waals surface area (Å²) in [6.07, 6.45) is 22.0. The molecule has 0 saturated heterocycles. The van der Waals surface area contributed by atoms with E-state index in [0.29, 0.717) is 29.3 Å². The monoisotopic (exact) mass is 612 g/mol. The van der Waals surface area contributed by atoms with Gasteiger partial charge in [0.1, 0.15) is 11.3 Å². The molecule has 4 unspecified atom stereocenters. The zero-order chi connectivity index (χ0) is 31.7. The van der Waals surface area contributed by atoms with Crippen LogP contribution in [-0.4, -0.2) is 20.5 Å². The van der Waals surface area contributed by atoms with Crippen molar-refractivity contribution in [2.24, 2.45) is 11.8 Å². The first-order valence-corrected chi connectivity index (χ1v) is 16.7. The summed E-state index contributed by atoms with van der Waals surface area (Å²) in [5, 5.41) is 1.25. The van der Waals surface area contributed by atoms with Gasteiger partial charge in [0.25, 0.3) is 0 Å². The zero-order valence-electron chi connectivity index (χ0n) is 26.9. The van der Waals surface area contributed by atoms with Crippen LogP contribution < -0.4 is 4.90 Å². The molecule has 0 N–H and O–H groups in total. The normalized spacial score (nSPS) is 23.9. The predicted octanol–water partition coefficient (Wildman–Crippen LogP) is 10.3. The number of benzene rings is 3. The maximum absolute atomic E-state index is 6.44. The molecule has 230 valence electrons. The third-order valence-electron chi connectivity index (χ3n) is 10.2. The van der Waals surface area contributed by atoms with Crippen molar-refractivity contribution in [1.82, 2.24) is 15.0 Å². The van der Waals surface area contributed by atoms with Gasteiger partial charge in [0, 0.05) is 51.0 Å². The third kappa shape index (κ3) is 4.56. The standard InChI is InChI=1S/C42H36N4O/c1-26-12-15-29(16-13-26)40-43-39(28-9-5-4-6-10-28)44-41(45-40)30-17-19-31(20-18-30)46-36-25-38-33(32-23-27(2)14-21-37(32)47-38)24-34(36)35-11-7-8-22-42(35,46)3/h4-12,14-22,24-27,35H,13,23H2,1-3H3. The summed E-state index contributed by atoms with van der Waals surface area (Å²) in [5.74, 6) is 4.32. The van der Waals surface area contributed by atoms with E-state index in [4.69, 9.17) is 19.4 Å². The van der Waals surface area contributed by atoms with E-state index < -0.39 is 0 Å². The lowest BCUT2D eigenvalue weighted by Crippen LogP contribution is -2.41. The molecule has 9 rings (SSSR count). The van der Waals surface area contributed by atoms with Crippen molar-refractivity contribution in [3.63, 3.8) is 0 Å². The summed E-state index contributed by atoms with van der Waals surface area (Å²) in [5.41, 5.74) is 8.66. The van der Waals surface area contributed by atoms with Gasteiger partial charge in [-0.25, -0.2) is 15.0 Å². The molecule has 0 bridgehead atoms. The second kappa shape index (κ2) is 10.6.